The smallest absolute Gasteiger partial charge is 0.301 e. The zero-order chi connectivity index (χ0) is 45.3. The van der Waals surface area contributed by atoms with E-state index < -0.39 is 45.2 Å². The highest BCUT2D eigenvalue weighted by molar-refractivity contribution is 7.90. The van der Waals surface area contributed by atoms with Crippen molar-refractivity contribution in [3.05, 3.63) is 90.0 Å². The van der Waals surface area contributed by atoms with Gasteiger partial charge in [-0.3, -0.25) is 29.2 Å². The fraction of sp³-hybridized carbons (Fsp3) is 0.372. The zero-order valence-electron chi connectivity index (χ0n) is 35.1. The second kappa shape index (κ2) is 17.9. The van der Waals surface area contributed by atoms with Crippen molar-refractivity contribution in [1.82, 2.24) is 34.5 Å². The molecular weight excluding hydrogens is 853 g/mol. The molecule has 7 heterocycles. The summed E-state index contributed by atoms with van der Waals surface area (Å²) in [5, 5.41) is 17.0. The van der Waals surface area contributed by atoms with Gasteiger partial charge in [-0.2, -0.15) is 12.7 Å². The van der Waals surface area contributed by atoms with Crippen molar-refractivity contribution in [2.24, 2.45) is 0 Å². The number of carbonyl (C=O) groups is 4. The normalized spacial score (nSPS) is 18.0. The average Bonchev–Trinajstić information content (AvgIpc) is 3.71. The Bertz CT molecular complexity index is 2720. The van der Waals surface area contributed by atoms with E-state index in [9.17, 15) is 32.7 Å². The molecule has 0 bridgehead atoms. The summed E-state index contributed by atoms with van der Waals surface area (Å²) in [7, 11) is -2.68. The SMILES string of the molecule is CCN(C)S(=O)(=O)Nc1cccc(C(=O)c2c[nH]c3ncc(-c4ccc(N5CCN(C(=O)CC6(O)CCN(c7ncc(NC8CCC(=O)NC8=O)cc7F)CC6)CC5)nc4)cc23)c1F. The van der Waals surface area contributed by atoms with Crippen LogP contribution in [0.25, 0.3) is 22.2 Å². The van der Waals surface area contributed by atoms with E-state index in [1.165, 1.54) is 43.7 Å². The number of piperazine rings is 1. The Hall–Kier alpha value is -6.58. The molecule has 336 valence electrons. The van der Waals surface area contributed by atoms with Gasteiger partial charge in [-0.05, 0) is 49.6 Å². The Balaban J connectivity index is 0.842. The number of nitrogens with zero attached hydrogens (tertiary/aromatic N) is 7. The van der Waals surface area contributed by atoms with Crippen LogP contribution in [0.15, 0.2) is 67.3 Å². The minimum absolute atomic E-state index is 0.0644. The van der Waals surface area contributed by atoms with Crippen LogP contribution in [0.1, 0.15) is 54.9 Å². The van der Waals surface area contributed by atoms with Crippen molar-refractivity contribution < 1.29 is 41.5 Å². The van der Waals surface area contributed by atoms with Gasteiger partial charge in [0.1, 0.15) is 17.5 Å². The zero-order valence-corrected chi connectivity index (χ0v) is 35.9. The molecule has 21 heteroatoms. The maximum absolute atomic E-state index is 15.6. The molecule has 5 aromatic rings. The number of piperidine rings is 2. The number of imide groups is 1. The molecule has 0 saturated carbocycles. The Kier molecular flexibility index (Phi) is 12.3. The summed E-state index contributed by atoms with van der Waals surface area (Å²) in [6.45, 7) is 4.26. The van der Waals surface area contributed by atoms with Gasteiger partial charge in [0.25, 0.3) is 0 Å². The molecule has 3 aliphatic rings. The average molecular weight is 900 g/mol. The van der Waals surface area contributed by atoms with Crippen molar-refractivity contribution in [3.8, 4) is 11.1 Å². The number of halogens is 2. The van der Waals surface area contributed by atoms with Crippen LogP contribution in [-0.2, 0) is 24.6 Å². The molecule has 64 heavy (non-hydrogen) atoms. The van der Waals surface area contributed by atoms with Crippen molar-refractivity contribution >= 4 is 67.8 Å². The van der Waals surface area contributed by atoms with Crippen molar-refractivity contribution in [3.63, 3.8) is 0 Å². The molecule has 3 fully saturated rings. The first-order valence-electron chi connectivity index (χ1n) is 20.9. The molecule has 0 radical (unpaired) electrons. The largest absolute Gasteiger partial charge is 0.389 e. The molecule has 3 amide bonds. The van der Waals surface area contributed by atoms with Gasteiger partial charge < -0.3 is 30.1 Å². The number of aromatic amines is 1. The Morgan fingerprint density at radius 1 is 0.938 bits per heavy atom. The summed E-state index contributed by atoms with van der Waals surface area (Å²) in [6, 6.07) is 10.0. The molecule has 1 atom stereocenters. The molecule has 0 spiro atoms. The third-order valence-electron chi connectivity index (χ3n) is 12.0. The van der Waals surface area contributed by atoms with Crippen LogP contribution in [0.3, 0.4) is 0 Å². The molecule has 5 N–H and O–H groups in total. The number of benzene rings is 1. The lowest BCUT2D eigenvalue weighted by molar-refractivity contribution is -0.138. The minimum atomic E-state index is -4.03. The number of amides is 3. The van der Waals surface area contributed by atoms with Gasteiger partial charge in [-0.1, -0.05) is 13.0 Å². The maximum Gasteiger partial charge on any atom is 0.301 e. The second-order valence-corrected chi connectivity index (χ2v) is 18.0. The van der Waals surface area contributed by atoms with Crippen LogP contribution in [0.5, 0.6) is 0 Å². The van der Waals surface area contributed by atoms with Crippen LogP contribution < -0.4 is 25.2 Å². The first-order valence-corrected chi connectivity index (χ1v) is 22.3. The Morgan fingerprint density at radius 2 is 1.69 bits per heavy atom. The number of pyridine rings is 3. The molecule has 18 nitrogen and oxygen atoms in total. The Labute approximate surface area is 367 Å². The fourth-order valence-electron chi connectivity index (χ4n) is 8.08. The van der Waals surface area contributed by atoms with Crippen molar-refractivity contribution in [1.29, 1.82) is 0 Å². The number of anilines is 4. The predicted octanol–water partition coefficient (Wildman–Crippen LogP) is 3.42. The second-order valence-electron chi connectivity index (χ2n) is 16.2. The monoisotopic (exact) mass is 899 g/mol. The van der Waals surface area contributed by atoms with Crippen LogP contribution >= 0.6 is 0 Å². The van der Waals surface area contributed by atoms with Crippen LogP contribution in [0.2, 0.25) is 0 Å². The van der Waals surface area contributed by atoms with E-state index in [4.69, 9.17) is 0 Å². The molecule has 1 unspecified atom stereocenters. The van der Waals surface area contributed by atoms with Gasteiger partial charge in [0, 0.05) is 106 Å². The topological polar surface area (TPSA) is 226 Å². The van der Waals surface area contributed by atoms with Crippen LogP contribution in [-0.4, -0.2) is 131 Å². The fourth-order valence-corrected chi connectivity index (χ4v) is 9.01. The van der Waals surface area contributed by atoms with Crippen LogP contribution in [0, 0.1) is 11.6 Å². The summed E-state index contributed by atoms with van der Waals surface area (Å²) in [5.41, 5.74) is 0.321. The van der Waals surface area contributed by atoms with Gasteiger partial charge >= 0.3 is 10.2 Å². The van der Waals surface area contributed by atoms with Gasteiger partial charge in [-0.15, -0.1) is 0 Å². The molecule has 4 aromatic heterocycles. The van der Waals surface area contributed by atoms with E-state index >= 15 is 8.78 Å². The van der Waals surface area contributed by atoms with Crippen molar-refractivity contribution in [2.45, 2.75) is 50.7 Å². The molecule has 8 rings (SSSR count). The number of nitrogens with one attached hydrogen (secondary N) is 4. The summed E-state index contributed by atoms with van der Waals surface area (Å²) in [5.74, 6) is -2.42. The third-order valence-corrected chi connectivity index (χ3v) is 13.6. The summed E-state index contributed by atoms with van der Waals surface area (Å²) >= 11 is 0. The lowest BCUT2D eigenvalue weighted by Crippen LogP contribution is -2.52. The molecule has 3 aliphatic heterocycles. The number of ketones is 1. The third kappa shape index (κ3) is 9.22. The lowest BCUT2D eigenvalue weighted by atomic mass is 9.87. The number of rotatable bonds is 13. The summed E-state index contributed by atoms with van der Waals surface area (Å²) < 4.78 is 59.1. The van der Waals surface area contributed by atoms with E-state index in [0.717, 1.165) is 4.31 Å². The van der Waals surface area contributed by atoms with Gasteiger partial charge in [-0.25, -0.2) is 23.7 Å². The summed E-state index contributed by atoms with van der Waals surface area (Å²) in [4.78, 5) is 72.5. The van der Waals surface area contributed by atoms with Crippen molar-refractivity contribution in [2.75, 3.05) is 72.7 Å². The standard InChI is InChI=1S/C43H47F2N11O7S/c1-3-53(2)64(62,63)52-33-6-4-5-29(38(33)45)39(59)31-25-48-40-30(31)19-27(23-47-40)26-7-9-35(46-22-26)54-15-17-55(18-16-54)37(58)21-43(61)11-13-56(14-12-43)41-32(44)20-28(24-49-41)50-34-8-10-36(57)51-42(34)60/h4-7,9,19-20,22-25,34,50,52,61H,3,8,10-18,21H2,1-2H3,(H,47,48)(H,51,57,60). The number of fused-ring (bicyclic) bond motifs is 1. The molecule has 3 saturated heterocycles. The van der Waals surface area contributed by atoms with E-state index in [1.54, 1.807) is 35.2 Å². The lowest BCUT2D eigenvalue weighted by Gasteiger charge is -2.40. The van der Waals surface area contributed by atoms with E-state index in [1.807, 2.05) is 12.1 Å². The minimum Gasteiger partial charge on any atom is -0.389 e. The van der Waals surface area contributed by atoms with Crippen LogP contribution in [0.4, 0.5) is 31.8 Å². The van der Waals surface area contributed by atoms with Gasteiger partial charge in [0.15, 0.2) is 23.2 Å². The Morgan fingerprint density at radius 3 is 2.38 bits per heavy atom. The number of H-pyrrole nitrogens is 1. The number of aromatic nitrogens is 4. The first kappa shape index (κ1) is 44.0. The number of hydrogen-bond donors (Lipinski definition) is 5. The first-order chi connectivity index (χ1) is 30.6. The molecular formula is C43H47F2N11O7S. The molecule has 0 aliphatic carbocycles. The van der Waals surface area contributed by atoms with Gasteiger partial charge in [0.2, 0.25) is 17.7 Å². The number of carbonyl (C=O) groups excluding carboxylic acids is 4. The highest BCUT2D eigenvalue weighted by Gasteiger charge is 2.37. The van der Waals surface area contributed by atoms with E-state index in [2.05, 4.69) is 40.2 Å². The maximum atomic E-state index is 15.6. The van der Waals surface area contributed by atoms with E-state index in [0.29, 0.717) is 66.3 Å². The van der Waals surface area contributed by atoms with Gasteiger partial charge in [0.05, 0.1) is 35.2 Å². The summed E-state index contributed by atoms with van der Waals surface area (Å²) in [6.07, 6.45) is 7.08. The molecule has 1 aromatic carbocycles. The highest BCUT2D eigenvalue weighted by Crippen LogP contribution is 2.32. The highest BCUT2D eigenvalue weighted by atomic mass is 32.2. The number of aliphatic hydroxyl groups is 1. The van der Waals surface area contributed by atoms with E-state index in [-0.39, 0.29) is 79.8 Å². The quantitative estimate of drug-likeness (QED) is 0.0845. The number of hydrogen-bond acceptors (Lipinski definition) is 13. The predicted molar refractivity (Wildman–Crippen MR) is 234 cm³/mol.